The molecule has 4 heteroatoms. The number of rotatable bonds is 1. The molecule has 2 N–H and O–H groups in total. The monoisotopic (exact) mass is 360 g/mol. The number of ether oxygens (including phenoxy) is 2. The first-order valence-electron chi connectivity index (χ1n) is 9.90. The number of hydrogen-bond acceptors (Lipinski definition) is 4. The van der Waals surface area contributed by atoms with Gasteiger partial charge in [0.2, 0.25) is 0 Å². The lowest BCUT2D eigenvalue weighted by Gasteiger charge is -2.64. The van der Waals surface area contributed by atoms with Crippen LogP contribution < -0.4 is 4.74 Å². The second-order valence-electron chi connectivity index (χ2n) is 9.87. The molecule has 5 atom stereocenters. The molecule has 0 spiro atoms. The Morgan fingerprint density at radius 1 is 1.04 bits per heavy atom. The Morgan fingerprint density at radius 2 is 1.73 bits per heavy atom. The molecule has 0 amide bonds. The van der Waals surface area contributed by atoms with E-state index in [0.29, 0.717) is 17.1 Å². The van der Waals surface area contributed by atoms with Gasteiger partial charge < -0.3 is 19.7 Å². The average molecular weight is 360 g/mol. The third-order valence-electron chi connectivity index (χ3n) is 7.89. The lowest BCUT2D eigenvalue weighted by atomic mass is 9.44. The van der Waals surface area contributed by atoms with Gasteiger partial charge >= 0.3 is 0 Å². The summed E-state index contributed by atoms with van der Waals surface area (Å²) in [5.41, 5.74) is 0.982. The molecule has 3 aliphatic rings. The molecule has 2 aliphatic carbocycles. The maximum atomic E-state index is 10.1. The van der Waals surface area contributed by atoms with E-state index in [1.54, 1.807) is 13.2 Å². The Morgan fingerprint density at radius 3 is 2.42 bits per heavy atom. The number of fused-ring (bicyclic) bond motifs is 4. The summed E-state index contributed by atoms with van der Waals surface area (Å²) in [6.45, 7) is 9.48. The summed E-state index contributed by atoms with van der Waals surface area (Å²) in [5, 5.41) is 20.0. The summed E-state index contributed by atoms with van der Waals surface area (Å²) in [6, 6.07) is 3.16. The molecule has 2 saturated carbocycles. The van der Waals surface area contributed by atoms with Crippen molar-refractivity contribution < 1.29 is 19.7 Å². The zero-order chi connectivity index (χ0) is 18.9. The molecule has 4 nitrogen and oxygen atoms in total. The van der Waals surface area contributed by atoms with Crippen molar-refractivity contribution in [3.63, 3.8) is 0 Å². The van der Waals surface area contributed by atoms with Gasteiger partial charge in [0.1, 0.15) is 11.4 Å². The van der Waals surface area contributed by atoms with Crippen LogP contribution in [0.2, 0.25) is 0 Å². The average Bonchev–Trinajstić information content (AvgIpc) is 2.53. The van der Waals surface area contributed by atoms with Crippen molar-refractivity contribution in [2.75, 3.05) is 7.11 Å². The third-order valence-corrected chi connectivity index (χ3v) is 7.89. The summed E-state index contributed by atoms with van der Waals surface area (Å²) < 4.78 is 12.6. The van der Waals surface area contributed by atoms with Gasteiger partial charge in [0, 0.05) is 24.7 Å². The highest BCUT2D eigenvalue weighted by atomic mass is 16.5. The van der Waals surface area contributed by atoms with E-state index in [9.17, 15) is 10.2 Å². The Bertz CT molecular complexity index is 727. The van der Waals surface area contributed by atoms with Crippen molar-refractivity contribution in [3.8, 4) is 17.2 Å². The van der Waals surface area contributed by atoms with Crippen LogP contribution in [0.4, 0.5) is 0 Å². The number of benzene rings is 1. The topological polar surface area (TPSA) is 58.9 Å². The first-order valence-corrected chi connectivity index (χ1v) is 9.90. The van der Waals surface area contributed by atoms with Gasteiger partial charge in [-0.05, 0) is 55.4 Å². The molecule has 0 saturated heterocycles. The van der Waals surface area contributed by atoms with Crippen LogP contribution in [0.25, 0.3) is 0 Å². The molecule has 144 valence electrons. The minimum atomic E-state index is -0.324. The summed E-state index contributed by atoms with van der Waals surface area (Å²) in [7, 11) is 1.75. The molecule has 1 aromatic rings. The summed E-state index contributed by atoms with van der Waals surface area (Å²) in [6.07, 6.45) is 5.70. The maximum Gasteiger partial charge on any atom is 0.161 e. The minimum absolute atomic E-state index is 0.112. The fourth-order valence-corrected chi connectivity index (χ4v) is 6.90. The lowest BCUT2D eigenvalue weighted by Crippen LogP contribution is -2.62. The molecule has 0 radical (unpaired) electrons. The van der Waals surface area contributed by atoms with E-state index in [2.05, 4.69) is 27.7 Å². The van der Waals surface area contributed by atoms with Gasteiger partial charge in [-0.1, -0.05) is 27.2 Å². The predicted molar refractivity (Wildman–Crippen MR) is 101 cm³/mol. The quantitative estimate of drug-likeness (QED) is 0.678. The molecule has 0 aromatic heterocycles. The highest BCUT2D eigenvalue weighted by Crippen LogP contribution is 2.67. The van der Waals surface area contributed by atoms with Crippen LogP contribution in [0.1, 0.15) is 71.5 Å². The van der Waals surface area contributed by atoms with Crippen LogP contribution in [0, 0.1) is 22.7 Å². The fourth-order valence-electron chi connectivity index (χ4n) is 6.90. The van der Waals surface area contributed by atoms with E-state index in [1.165, 1.54) is 25.3 Å². The first-order chi connectivity index (χ1) is 12.1. The molecule has 26 heavy (non-hydrogen) atoms. The smallest absolute Gasteiger partial charge is 0.161 e. The standard InChI is InChI=1S/C22H32O4/c1-20(2)8-6-9-21(3)17(20)7-10-22(4)19(21)18(25-5)13-11-14(23)15(24)12-16(13)26-22/h11-12,17-19,23-24H,6-10H2,1-5H3/t17-,18?,19+,21-,22-/m1/s1. The van der Waals surface area contributed by atoms with E-state index in [-0.39, 0.29) is 34.5 Å². The van der Waals surface area contributed by atoms with Crippen molar-refractivity contribution >= 4 is 0 Å². The largest absolute Gasteiger partial charge is 0.504 e. The van der Waals surface area contributed by atoms with Crippen LogP contribution in [-0.4, -0.2) is 22.9 Å². The molecule has 0 bridgehead atoms. The number of hydrogen-bond donors (Lipinski definition) is 2. The third kappa shape index (κ3) is 2.30. The molecule has 1 aromatic carbocycles. The highest BCUT2D eigenvalue weighted by Gasteiger charge is 2.63. The van der Waals surface area contributed by atoms with Crippen LogP contribution in [-0.2, 0) is 4.74 Å². The molecule has 1 unspecified atom stereocenters. The zero-order valence-electron chi connectivity index (χ0n) is 16.6. The predicted octanol–water partition coefficient (Wildman–Crippen LogP) is 5.18. The molecular weight excluding hydrogens is 328 g/mol. The van der Waals surface area contributed by atoms with Crippen LogP contribution in [0.15, 0.2) is 12.1 Å². The summed E-state index contributed by atoms with van der Waals surface area (Å²) >= 11 is 0. The molecule has 1 heterocycles. The lowest BCUT2D eigenvalue weighted by molar-refractivity contribution is -0.207. The van der Waals surface area contributed by atoms with E-state index < -0.39 is 0 Å². The SMILES string of the molecule is COC1c2cc(O)c(O)cc2O[C@]2(C)CC[C@@H]3C(C)(C)CCC[C@@]3(C)[C@H]12. The van der Waals surface area contributed by atoms with Gasteiger partial charge in [0.25, 0.3) is 0 Å². The van der Waals surface area contributed by atoms with Gasteiger partial charge in [0.15, 0.2) is 11.5 Å². The van der Waals surface area contributed by atoms with Gasteiger partial charge in [-0.15, -0.1) is 0 Å². The number of methoxy groups -OCH3 is 1. The normalized spacial score (nSPS) is 40.7. The van der Waals surface area contributed by atoms with E-state index in [0.717, 1.165) is 18.4 Å². The van der Waals surface area contributed by atoms with Gasteiger partial charge in [-0.25, -0.2) is 0 Å². The zero-order valence-corrected chi connectivity index (χ0v) is 16.6. The first kappa shape index (κ1) is 18.0. The fraction of sp³-hybridized carbons (Fsp3) is 0.727. The Balaban J connectivity index is 1.87. The second kappa shape index (κ2) is 5.54. The maximum absolute atomic E-state index is 10.1. The molecular formula is C22H32O4. The van der Waals surface area contributed by atoms with Crippen molar-refractivity contribution in [1.29, 1.82) is 0 Å². The Labute approximate surface area is 156 Å². The van der Waals surface area contributed by atoms with E-state index >= 15 is 0 Å². The summed E-state index contributed by atoms with van der Waals surface area (Å²) in [5.74, 6) is 1.24. The van der Waals surface area contributed by atoms with Crippen molar-refractivity contribution in [3.05, 3.63) is 17.7 Å². The van der Waals surface area contributed by atoms with E-state index in [4.69, 9.17) is 9.47 Å². The van der Waals surface area contributed by atoms with Crippen LogP contribution in [0.5, 0.6) is 17.2 Å². The number of phenols is 2. The van der Waals surface area contributed by atoms with Crippen molar-refractivity contribution in [2.24, 2.45) is 22.7 Å². The minimum Gasteiger partial charge on any atom is -0.504 e. The highest BCUT2D eigenvalue weighted by molar-refractivity contribution is 5.52. The molecule has 2 fully saturated rings. The Kier molecular flexibility index (Phi) is 3.83. The second-order valence-corrected chi connectivity index (χ2v) is 9.87. The van der Waals surface area contributed by atoms with Crippen molar-refractivity contribution in [1.82, 2.24) is 0 Å². The molecule has 1 aliphatic heterocycles. The number of phenolic OH excluding ortho intramolecular Hbond substituents is 2. The number of aromatic hydroxyl groups is 2. The van der Waals surface area contributed by atoms with Crippen LogP contribution in [0.3, 0.4) is 0 Å². The van der Waals surface area contributed by atoms with Crippen LogP contribution >= 0.6 is 0 Å². The van der Waals surface area contributed by atoms with Gasteiger partial charge in [-0.3, -0.25) is 0 Å². The van der Waals surface area contributed by atoms with Crippen molar-refractivity contribution in [2.45, 2.75) is 71.5 Å². The summed E-state index contributed by atoms with van der Waals surface area (Å²) in [4.78, 5) is 0. The van der Waals surface area contributed by atoms with Gasteiger partial charge in [-0.2, -0.15) is 0 Å². The van der Waals surface area contributed by atoms with E-state index in [1.807, 2.05) is 0 Å². The van der Waals surface area contributed by atoms with Gasteiger partial charge in [0.05, 0.1) is 6.10 Å². The Hall–Kier alpha value is -1.42. The molecule has 4 rings (SSSR count).